The van der Waals surface area contributed by atoms with Crippen molar-refractivity contribution < 1.29 is 14.3 Å². The van der Waals surface area contributed by atoms with Gasteiger partial charge < -0.3 is 14.8 Å². The van der Waals surface area contributed by atoms with Gasteiger partial charge in [-0.3, -0.25) is 4.79 Å². The highest BCUT2D eigenvalue weighted by Crippen LogP contribution is 2.38. The van der Waals surface area contributed by atoms with Gasteiger partial charge in [-0.2, -0.15) is 0 Å². The highest BCUT2D eigenvalue weighted by molar-refractivity contribution is 9.10. The predicted octanol–water partition coefficient (Wildman–Crippen LogP) is 4.41. The summed E-state index contributed by atoms with van der Waals surface area (Å²) >= 11 is 3.56. The molecule has 0 saturated heterocycles. The van der Waals surface area contributed by atoms with E-state index in [2.05, 4.69) is 34.2 Å². The van der Waals surface area contributed by atoms with E-state index in [1.165, 1.54) is 18.2 Å². The van der Waals surface area contributed by atoms with Crippen LogP contribution in [-0.4, -0.2) is 19.7 Å². The number of carbonyl (C=O) groups excluding carboxylic acids is 1. The number of hydrogen-bond donors (Lipinski definition) is 1. The van der Waals surface area contributed by atoms with E-state index >= 15 is 0 Å². The van der Waals surface area contributed by atoms with E-state index in [1.54, 1.807) is 0 Å². The zero-order valence-corrected chi connectivity index (χ0v) is 15.4. The van der Waals surface area contributed by atoms with Crippen molar-refractivity contribution in [3.63, 3.8) is 0 Å². The molecule has 1 aliphatic heterocycles. The van der Waals surface area contributed by atoms with Crippen molar-refractivity contribution in [2.45, 2.75) is 25.8 Å². The van der Waals surface area contributed by atoms with Crippen molar-refractivity contribution in [3.05, 3.63) is 57.6 Å². The molecule has 0 aliphatic carbocycles. The van der Waals surface area contributed by atoms with Crippen molar-refractivity contribution in [3.8, 4) is 5.75 Å². The first-order valence-corrected chi connectivity index (χ1v) is 8.69. The minimum absolute atomic E-state index is 0.0776. The van der Waals surface area contributed by atoms with Crippen LogP contribution in [0, 0.1) is 6.92 Å². The molecular formula is C19H20BrNO3. The largest absolute Gasteiger partial charge is 0.493 e. The van der Waals surface area contributed by atoms with Gasteiger partial charge in [-0.25, -0.2) is 0 Å². The molecular weight excluding hydrogens is 370 g/mol. The minimum Gasteiger partial charge on any atom is -0.493 e. The molecule has 0 saturated carbocycles. The van der Waals surface area contributed by atoms with Gasteiger partial charge >= 0.3 is 5.97 Å². The Morgan fingerprint density at radius 3 is 3.00 bits per heavy atom. The lowest BCUT2D eigenvalue weighted by Gasteiger charge is -2.12. The Balaban J connectivity index is 1.69. The number of hydrogen-bond acceptors (Lipinski definition) is 4. The van der Waals surface area contributed by atoms with E-state index in [0.717, 1.165) is 28.0 Å². The van der Waals surface area contributed by atoms with E-state index in [1.807, 2.05) is 30.3 Å². The fourth-order valence-electron chi connectivity index (χ4n) is 2.88. The van der Waals surface area contributed by atoms with Crippen LogP contribution in [-0.2, 0) is 16.1 Å². The highest BCUT2D eigenvalue weighted by atomic mass is 79.9. The molecule has 1 aliphatic rings. The van der Waals surface area contributed by atoms with Crippen LogP contribution in [0.1, 0.15) is 29.0 Å². The maximum absolute atomic E-state index is 11.5. The van der Waals surface area contributed by atoms with Gasteiger partial charge in [-0.1, -0.05) is 34.1 Å². The van der Waals surface area contributed by atoms with Gasteiger partial charge in [0.15, 0.2) is 0 Å². The highest BCUT2D eigenvalue weighted by Gasteiger charge is 2.26. The SMILES string of the molecule is COC(=O)CC1COc2cc(NCc3cccc(Br)c3C)ccc21. The Kier molecular flexibility index (Phi) is 5.09. The summed E-state index contributed by atoms with van der Waals surface area (Å²) in [5.74, 6) is 0.720. The lowest BCUT2D eigenvalue weighted by molar-refractivity contribution is -0.141. The number of methoxy groups -OCH3 is 1. The number of nitrogens with one attached hydrogen (secondary N) is 1. The minimum atomic E-state index is -0.205. The second kappa shape index (κ2) is 7.26. The molecule has 1 N–H and O–H groups in total. The second-order valence-corrected chi connectivity index (χ2v) is 6.77. The molecule has 5 heteroatoms. The molecule has 24 heavy (non-hydrogen) atoms. The van der Waals surface area contributed by atoms with E-state index in [9.17, 15) is 4.79 Å². The van der Waals surface area contributed by atoms with E-state index in [0.29, 0.717) is 13.0 Å². The van der Waals surface area contributed by atoms with E-state index in [-0.39, 0.29) is 11.9 Å². The van der Waals surface area contributed by atoms with Crippen molar-refractivity contribution in [2.24, 2.45) is 0 Å². The van der Waals surface area contributed by atoms with E-state index in [4.69, 9.17) is 9.47 Å². The summed E-state index contributed by atoms with van der Waals surface area (Å²) in [5.41, 5.74) is 4.56. The average Bonchev–Trinajstić information content (AvgIpc) is 2.98. The third-order valence-corrected chi connectivity index (χ3v) is 5.26. The lowest BCUT2D eigenvalue weighted by atomic mass is 9.97. The molecule has 2 aromatic carbocycles. The first kappa shape index (κ1) is 16.8. The molecule has 1 unspecified atom stereocenters. The maximum atomic E-state index is 11.5. The third kappa shape index (κ3) is 3.56. The van der Waals surface area contributed by atoms with Crippen LogP contribution in [0.25, 0.3) is 0 Å². The summed E-state index contributed by atoms with van der Waals surface area (Å²) in [6.07, 6.45) is 0.355. The van der Waals surface area contributed by atoms with Crippen molar-refractivity contribution in [1.29, 1.82) is 0 Å². The number of carbonyl (C=O) groups is 1. The predicted molar refractivity (Wildman–Crippen MR) is 97.5 cm³/mol. The number of fused-ring (bicyclic) bond motifs is 1. The van der Waals surface area contributed by atoms with Crippen molar-refractivity contribution in [2.75, 3.05) is 19.0 Å². The summed E-state index contributed by atoms with van der Waals surface area (Å²) in [6.45, 7) is 3.37. The standard InChI is InChI=1S/C19H20BrNO3/c1-12-13(4-3-5-17(12)20)10-21-15-6-7-16-14(8-19(22)23-2)11-24-18(16)9-15/h3-7,9,14,21H,8,10-11H2,1-2H3. The summed E-state index contributed by atoms with van der Waals surface area (Å²) < 4.78 is 11.6. The van der Waals surface area contributed by atoms with Crippen LogP contribution in [0.4, 0.5) is 5.69 Å². The molecule has 4 nitrogen and oxygen atoms in total. The van der Waals surface area contributed by atoms with Crippen LogP contribution < -0.4 is 10.1 Å². The number of halogens is 1. The Morgan fingerprint density at radius 1 is 1.38 bits per heavy atom. The monoisotopic (exact) mass is 389 g/mol. The summed E-state index contributed by atoms with van der Waals surface area (Å²) in [6, 6.07) is 12.3. The van der Waals surface area contributed by atoms with Crippen LogP contribution >= 0.6 is 15.9 Å². The first-order chi connectivity index (χ1) is 11.6. The molecule has 2 aromatic rings. The number of esters is 1. The van der Waals surface area contributed by atoms with Crippen LogP contribution in [0.2, 0.25) is 0 Å². The van der Waals surface area contributed by atoms with E-state index < -0.39 is 0 Å². The van der Waals surface area contributed by atoms with Gasteiger partial charge in [0.05, 0.1) is 20.1 Å². The summed E-state index contributed by atoms with van der Waals surface area (Å²) in [7, 11) is 1.41. The fourth-order valence-corrected chi connectivity index (χ4v) is 3.29. The molecule has 0 radical (unpaired) electrons. The van der Waals surface area contributed by atoms with Gasteiger partial charge in [0.1, 0.15) is 5.75 Å². The quantitative estimate of drug-likeness (QED) is 0.769. The average molecular weight is 390 g/mol. The maximum Gasteiger partial charge on any atom is 0.306 e. The van der Waals surface area contributed by atoms with Gasteiger partial charge in [-0.15, -0.1) is 0 Å². The molecule has 0 bridgehead atoms. The first-order valence-electron chi connectivity index (χ1n) is 7.90. The summed E-state index contributed by atoms with van der Waals surface area (Å²) in [5, 5.41) is 3.43. The smallest absolute Gasteiger partial charge is 0.306 e. The zero-order chi connectivity index (χ0) is 17.1. The number of benzene rings is 2. The Morgan fingerprint density at radius 2 is 2.21 bits per heavy atom. The van der Waals surface area contributed by atoms with Crippen molar-refractivity contribution >= 4 is 27.6 Å². The Bertz CT molecular complexity index is 760. The topological polar surface area (TPSA) is 47.6 Å². The molecule has 0 amide bonds. The lowest BCUT2D eigenvalue weighted by Crippen LogP contribution is -2.09. The number of ether oxygens (including phenoxy) is 2. The Hall–Kier alpha value is -2.01. The molecule has 126 valence electrons. The summed E-state index contributed by atoms with van der Waals surface area (Å²) in [4.78, 5) is 11.5. The van der Waals surface area contributed by atoms with Gasteiger partial charge in [0, 0.05) is 34.3 Å². The fraction of sp³-hybridized carbons (Fsp3) is 0.316. The molecule has 1 heterocycles. The molecule has 0 spiro atoms. The van der Waals surface area contributed by atoms with Crippen LogP contribution in [0.5, 0.6) is 5.75 Å². The third-order valence-electron chi connectivity index (χ3n) is 4.40. The molecule has 1 atom stereocenters. The van der Waals surface area contributed by atoms with Gasteiger partial charge in [0.2, 0.25) is 0 Å². The van der Waals surface area contributed by atoms with Crippen LogP contribution in [0.15, 0.2) is 40.9 Å². The normalized spacial score (nSPS) is 15.5. The number of rotatable bonds is 5. The number of anilines is 1. The van der Waals surface area contributed by atoms with Crippen molar-refractivity contribution in [1.82, 2.24) is 0 Å². The van der Waals surface area contributed by atoms with Crippen LogP contribution in [0.3, 0.4) is 0 Å². The van der Waals surface area contributed by atoms with Gasteiger partial charge in [-0.05, 0) is 30.2 Å². The molecule has 0 aromatic heterocycles. The zero-order valence-electron chi connectivity index (χ0n) is 13.8. The molecule has 0 fully saturated rings. The second-order valence-electron chi connectivity index (χ2n) is 5.92. The molecule has 3 rings (SSSR count). The van der Waals surface area contributed by atoms with Gasteiger partial charge in [0.25, 0.3) is 0 Å². The Labute approximate surface area is 150 Å².